The molecule has 1 N–H and O–H groups in total. The maximum atomic E-state index is 11.4. The smallest absolute Gasteiger partial charge is 0.424 e. The highest BCUT2D eigenvalue weighted by Crippen LogP contribution is 2.04. The van der Waals surface area contributed by atoms with E-state index in [1.807, 2.05) is 13.8 Å². The van der Waals surface area contributed by atoms with E-state index in [-0.39, 0.29) is 12.2 Å². The Morgan fingerprint density at radius 3 is 2.85 bits per heavy atom. The van der Waals surface area contributed by atoms with Crippen molar-refractivity contribution in [2.45, 2.75) is 39.2 Å². The first-order chi connectivity index (χ1) is 6.20. The van der Waals surface area contributed by atoms with Crippen LogP contribution in [0.15, 0.2) is 0 Å². The highest BCUT2D eigenvalue weighted by Gasteiger charge is 2.16. The van der Waals surface area contributed by atoms with Crippen LogP contribution in [0, 0.1) is 0 Å². The second-order valence-electron chi connectivity index (χ2n) is 3.55. The molecule has 76 valence electrons. The van der Waals surface area contributed by atoms with Gasteiger partial charge in [-0.1, -0.05) is 6.42 Å². The molecule has 0 bridgehead atoms. The van der Waals surface area contributed by atoms with E-state index in [4.69, 9.17) is 4.74 Å². The zero-order chi connectivity index (χ0) is 9.68. The van der Waals surface area contributed by atoms with Gasteiger partial charge < -0.3 is 4.74 Å². The molecule has 0 aromatic carbocycles. The van der Waals surface area contributed by atoms with E-state index in [1.54, 1.807) is 5.01 Å². The molecule has 13 heavy (non-hydrogen) atoms. The van der Waals surface area contributed by atoms with Crippen LogP contribution >= 0.6 is 0 Å². The summed E-state index contributed by atoms with van der Waals surface area (Å²) in [5.41, 5.74) is 3.05. The normalized spacial score (nSPS) is 18.5. The molecule has 0 aliphatic carbocycles. The lowest BCUT2D eigenvalue weighted by Gasteiger charge is -2.21. The second kappa shape index (κ2) is 5.07. The Balaban J connectivity index is 2.35. The number of amides is 1. The number of hydrogen-bond donors (Lipinski definition) is 1. The third-order valence-electron chi connectivity index (χ3n) is 1.92. The summed E-state index contributed by atoms with van der Waals surface area (Å²) in [7, 11) is 0. The fourth-order valence-corrected chi connectivity index (χ4v) is 1.29. The van der Waals surface area contributed by atoms with Crippen LogP contribution in [-0.4, -0.2) is 30.3 Å². The molecule has 1 fully saturated rings. The van der Waals surface area contributed by atoms with E-state index in [0.29, 0.717) is 0 Å². The number of hydrazine groups is 1. The van der Waals surface area contributed by atoms with Gasteiger partial charge in [0.25, 0.3) is 0 Å². The molecular weight excluding hydrogens is 168 g/mol. The van der Waals surface area contributed by atoms with E-state index < -0.39 is 0 Å². The van der Waals surface area contributed by atoms with Crippen molar-refractivity contribution < 1.29 is 9.53 Å². The largest absolute Gasteiger partial charge is 0.446 e. The third-order valence-corrected chi connectivity index (χ3v) is 1.92. The molecule has 0 spiro atoms. The van der Waals surface area contributed by atoms with Crippen molar-refractivity contribution in [3.8, 4) is 0 Å². The van der Waals surface area contributed by atoms with E-state index >= 15 is 0 Å². The maximum Gasteiger partial charge on any atom is 0.424 e. The molecule has 0 aromatic heterocycles. The molecule has 1 aliphatic rings. The number of carbonyl (C=O) groups excluding carboxylic acids is 1. The summed E-state index contributed by atoms with van der Waals surface area (Å²) in [5, 5.41) is 1.58. The first-order valence-corrected chi connectivity index (χ1v) is 4.92. The fourth-order valence-electron chi connectivity index (χ4n) is 1.29. The van der Waals surface area contributed by atoms with Crippen LogP contribution < -0.4 is 5.43 Å². The minimum Gasteiger partial charge on any atom is -0.446 e. The van der Waals surface area contributed by atoms with E-state index in [2.05, 4.69) is 5.43 Å². The number of nitrogens with one attached hydrogen (secondary N) is 1. The summed E-state index contributed by atoms with van der Waals surface area (Å²) < 4.78 is 5.07. The van der Waals surface area contributed by atoms with Gasteiger partial charge in [0.05, 0.1) is 6.10 Å². The SMILES string of the molecule is CC(C)OC(=O)N1CCCCCN1. The Morgan fingerprint density at radius 1 is 1.38 bits per heavy atom. The Labute approximate surface area is 79.2 Å². The van der Waals surface area contributed by atoms with Gasteiger partial charge >= 0.3 is 6.09 Å². The predicted octanol–water partition coefficient (Wildman–Crippen LogP) is 1.52. The molecule has 1 amide bonds. The molecule has 1 heterocycles. The average Bonchev–Trinajstić information content (AvgIpc) is 2.29. The minimum atomic E-state index is -0.253. The molecule has 0 atom stereocenters. The van der Waals surface area contributed by atoms with Crippen molar-refractivity contribution in [3.63, 3.8) is 0 Å². The lowest BCUT2D eigenvalue weighted by molar-refractivity contribution is 0.0624. The maximum absolute atomic E-state index is 11.4. The van der Waals surface area contributed by atoms with E-state index in [0.717, 1.165) is 25.9 Å². The molecule has 4 heteroatoms. The molecule has 0 aromatic rings. The van der Waals surface area contributed by atoms with Crippen LogP contribution in [0.25, 0.3) is 0 Å². The molecule has 0 saturated carbocycles. The highest BCUT2D eigenvalue weighted by molar-refractivity contribution is 5.67. The number of nitrogens with zero attached hydrogens (tertiary/aromatic N) is 1. The van der Waals surface area contributed by atoms with Crippen LogP contribution in [0.2, 0.25) is 0 Å². The van der Waals surface area contributed by atoms with Crippen LogP contribution in [0.4, 0.5) is 4.79 Å². The topological polar surface area (TPSA) is 41.6 Å². The Hall–Kier alpha value is -0.770. The molecule has 1 saturated heterocycles. The monoisotopic (exact) mass is 186 g/mol. The third kappa shape index (κ3) is 3.63. The summed E-state index contributed by atoms with van der Waals surface area (Å²) in [5.74, 6) is 0. The minimum absolute atomic E-state index is 0.0439. The lowest BCUT2D eigenvalue weighted by Crippen LogP contribution is -2.43. The lowest BCUT2D eigenvalue weighted by atomic mass is 10.2. The van der Waals surface area contributed by atoms with Crippen molar-refractivity contribution in [1.29, 1.82) is 0 Å². The summed E-state index contributed by atoms with van der Waals surface area (Å²) in [6.45, 7) is 5.34. The first kappa shape index (κ1) is 10.3. The van der Waals surface area contributed by atoms with Crippen molar-refractivity contribution in [2.24, 2.45) is 0 Å². The quantitative estimate of drug-likeness (QED) is 0.675. The molecule has 0 unspecified atom stereocenters. The van der Waals surface area contributed by atoms with Crippen LogP contribution in [0.1, 0.15) is 33.1 Å². The number of hydrogen-bond acceptors (Lipinski definition) is 3. The van der Waals surface area contributed by atoms with Crippen molar-refractivity contribution >= 4 is 6.09 Å². The zero-order valence-electron chi connectivity index (χ0n) is 8.38. The second-order valence-corrected chi connectivity index (χ2v) is 3.55. The van der Waals surface area contributed by atoms with Crippen LogP contribution in [0.5, 0.6) is 0 Å². The van der Waals surface area contributed by atoms with Gasteiger partial charge in [0, 0.05) is 13.1 Å². The fraction of sp³-hybridized carbons (Fsp3) is 0.889. The Bertz CT molecular complexity index is 163. The van der Waals surface area contributed by atoms with Gasteiger partial charge in [-0.2, -0.15) is 0 Å². The van der Waals surface area contributed by atoms with E-state index in [9.17, 15) is 4.79 Å². The zero-order valence-corrected chi connectivity index (χ0v) is 8.38. The Kier molecular flexibility index (Phi) is 4.02. The summed E-state index contributed by atoms with van der Waals surface area (Å²) in [4.78, 5) is 11.4. The van der Waals surface area contributed by atoms with Crippen molar-refractivity contribution in [2.75, 3.05) is 13.1 Å². The Morgan fingerprint density at radius 2 is 2.15 bits per heavy atom. The summed E-state index contributed by atoms with van der Waals surface area (Å²) >= 11 is 0. The molecule has 1 aliphatic heterocycles. The molecule has 1 rings (SSSR count). The summed E-state index contributed by atoms with van der Waals surface area (Å²) in [6, 6.07) is 0. The van der Waals surface area contributed by atoms with Gasteiger partial charge in [-0.3, -0.25) is 0 Å². The first-order valence-electron chi connectivity index (χ1n) is 4.92. The number of rotatable bonds is 1. The van der Waals surface area contributed by atoms with Crippen molar-refractivity contribution in [3.05, 3.63) is 0 Å². The van der Waals surface area contributed by atoms with Gasteiger partial charge in [-0.05, 0) is 26.7 Å². The summed E-state index contributed by atoms with van der Waals surface area (Å²) in [6.07, 6.45) is 3.07. The predicted molar refractivity (Wildman–Crippen MR) is 50.2 cm³/mol. The average molecular weight is 186 g/mol. The van der Waals surface area contributed by atoms with Gasteiger partial charge in [0.2, 0.25) is 0 Å². The van der Waals surface area contributed by atoms with Crippen LogP contribution in [0.3, 0.4) is 0 Å². The van der Waals surface area contributed by atoms with Gasteiger partial charge in [-0.25, -0.2) is 15.2 Å². The standard InChI is InChI=1S/C9H18N2O2/c1-8(2)13-9(12)11-7-5-3-4-6-10-11/h8,10H,3-7H2,1-2H3. The van der Waals surface area contributed by atoms with E-state index in [1.165, 1.54) is 6.42 Å². The van der Waals surface area contributed by atoms with Gasteiger partial charge in [0.1, 0.15) is 0 Å². The molecule has 0 radical (unpaired) electrons. The molecule has 4 nitrogen and oxygen atoms in total. The van der Waals surface area contributed by atoms with Gasteiger partial charge in [0.15, 0.2) is 0 Å². The number of carbonyl (C=O) groups is 1. The van der Waals surface area contributed by atoms with Gasteiger partial charge in [-0.15, -0.1) is 0 Å². The van der Waals surface area contributed by atoms with Crippen molar-refractivity contribution in [1.82, 2.24) is 10.4 Å². The number of ether oxygens (including phenoxy) is 1. The highest BCUT2D eigenvalue weighted by atomic mass is 16.6. The van der Waals surface area contributed by atoms with Crippen LogP contribution in [-0.2, 0) is 4.74 Å². The molecular formula is C9H18N2O2.